The van der Waals surface area contributed by atoms with Gasteiger partial charge in [-0.3, -0.25) is 0 Å². The Hall–Kier alpha value is -0.350. The molecule has 0 unspecified atom stereocenters. The number of nitrogens with one attached hydrogen (secondary N) is 1. The van der Waals surface area contributed by atoms with E-state index in [-0.39, 0.29) is 0 Å². The molecule has 0 spiro atoms. The molecule has 1 N–H and O–H groups in total. The zero-order valence-electron chi connectivity index (χ0n) is 10.0. The summed E-state index contributed by atoms with van der Waals surface area (Å²) in [5.41, 5.74) is 0. The molecule has 0 fully saturated rings. The van der Waals surface area contributed by atoms with Crippen LogP contribution in [0.4, 0.5) is 5.13 Å². The average Bonchev–Trinajstić information content (AvgIpc) is 2.72. The lowest BCUT2D eigenvalue weighted by Crippen LogP contribution is -2.01. The monoisotopic (exact) mass is 261 g/mol. The fourth-order valence-electron chi connectivity index (χ4n) is 1.31. The van der Waals surface area contributed by atoms with Crippen LogP contribution in [0.15, 0.2) is 0 Å². The van der Waals surface area contributed by atoms with Crippen LogP contribution in [-0.4, -0.2) is 21.8 Å². The van der Waals surface area contributed by atoms with Gasteiger partial charge in [0.05, 0.1) is 0 Å². The largest absolute Gasteiger partial charge is 0.360 e. The number of nitrogens with zero attached hydrogens (tertiary/aromatic N) is 2. The van der Waals surface area contributed by atoms with E-state index in [1.807, 2.05) is 0 Å². The molecule has 92 valence electrons. The van der Waals surface area contributed by atoms with Crippen molar-refractivity contribution in [3.63, 3.8) is 0 Å². The van der Waals surface area contributed by atoms with Crippen molar-refractivity contribution in [2.24, 2.45) is 0 Å². The summed E-state index contributed by atoms with van der Waals surface area (Å²) >= 11 is 7.06. The van der Waals surface area contributed by atoms with Crippen molar-refractivity contribution in [2.45, 2.75) is 45.4 Å². The highest BCUT2D eigenvalue weighted by molar-refractivity contribution is 7.09. The lowest BCUT2D eigenvalue weighted by Gasteiger charge is -2.01. The summed E-state index contributed by atoms with van der Waals surface area (Å²) in [4.78, 5) is 4.42. The molecule has 5 heteroatoms. The molecule has 0 aliphatic heterocycles. The van der Waals surface area contributed by atoms with Crippen LogP contribution in [-0.2, 0) is 0 Å². The second-order valence-corrected chi connectivity index (χ2v) is 5.27. The number of unbranched alkanes of at least 4 members (excludes halogenated alkanes) is 3. The second kappa shape index (κ2) is 7.85. The molecule has 0 radical (unpaired) electrons. The van der Waals surface area contributed by atoms with Crippen LogP contribution >= 0.6 is 23.1 Å². The molecule has 0 amide bonds. The van der Waals surface area contributed by atoms with Crippen molar-refractivity contribution in [3.05, 3.63) is 5.82 Å². The van der Waals surface area contributed by atoms with Crippen LogP contribution < -0.4 is 5.32 Å². The summed E-state index contributed by atoms with van der Waals surface area (Å²) in [5.74, 6) is 2.13. The molecule has 0 bridgehead atoms. The van der Waals surface area contributed by atoms with Crippen molar-refractivity contribution in [2.75, 3.05) is 17.7 Å². The number of anilines is 1. The molecule has 0 aromatic carbocycles. The van der Waals surface area contributed by atoms with Gasteiger partial charge in [-0.2, -0.15) is 4.37 Å². The molecule has 3 nitrogen and oxygen atoms in total. The number of aromatic nitrogens is 2. The van der Waals surface area contributed by atoms with E-state index in [9.17, 15) is 0 Å². The van der Waals surface area contributed by atoms with Crippen molar-refractivity contribution in [1.29, 1.82) is 0 Å². The molecule has 0 aliphatic rings. The minimum Gasteiger partial charge on any atom is -0.360 e. The third-order valence-corrected chi connectivity index (χ3v) is 3.25. The van der Waals surface area contributed by atoms with Crippen molar-refractivity contribution >= 4 is 28.3 Å². The van der Waals surface area contributed by atoms with E-state index in [1.54, 1.807) is 0 Å². The predicted octanol–water partition coefficient (Wildman–Crippen LogP) is 3.87. The third-order valence-electron chi connectivity index (χ3n) is 2.29. The molecular formula is C11H20ClN3S. The first-order chi connectivity index (χ1) is 7.74. The van der Waals surface area contributed by atoms with Gasteiger partial charge in [0.15, 0.2) is 0 Å². The maximum atomic E-state index is 5.61. The van der Waals surface area contributed by atoms with Gasteiger partial charge >= 0.3 is 0 Å². The van der Waals surface area contributed by atoms with Crippen LogP contribution in [0, 0.1) is 0 Å². The Morgan fingerprint density at radius 2 is 2.00 bits per heavy atom. The molecule has 1 aromatic rings. The minimum absolute atomic E-state index is 0.413. The summed E-state index contributed by atoms with van der Waals surface area (Å²) in [7, 11) is 0. The summed E-state index contributed by atoms with van der Waals surface area (Å²) < 4.78 is 4.29. The van der Waals surface area contributed by atoms with Gasteiger partial charge in [0.1, 0.15) is 5.82 Å². The zero-order chi connectivity index (χ0) is 11.8. The van der Waals surface area contributed by atoms with Gasteiger partial charge in [0.25, 0.3) is 0 Å². The van der Waals surface area contributed by atoms with Crippen molar-refractivity contribution < 1.29 is 0 Å². The average molecular weight is 262 g/mol. The number of rotatable bonds is 8. The fourth-order valence-corrected chi connectivity index (χ4v) is 2.23. The van der Waals surface area contributed by atoms with Crippen LogP contribution in [0.3, 0.4) is 0 Å². The first-order valence-electron chi connectivity index (χ1n) is 5.87. The van der Waals surface area contributed by atoms with Crippen LogP contribution in [0.5, 0.6) is 0 Å². The SMILES string of the molecule is CC(C)c1nsc(NCCCCCCCl)n1. The maximum Gasteiger partial charge on any atom is 0.202 e. The lowest BCUT2D eigenvalue weighted by molar-refractivity contribution is 0.687. The molecule has 16 heavy (non-hydrogen) atoms. The van der Waals surface area contributed by atoms with E-state index in [0.29, 0.717) is 5.92 Å². The standard InChI is InChI=1S/C11H20ClN3S/c1-9(2)10-14-11(16-15-10)13-8-6-4-3-5-7-12/h9H,3-8H2,1-2H3,(H,13,14,15). The Balaban J connectivity index is 2.12. The van der Waals surface area contributed by atoms with Gasteiger partial charge in [-0.25, -0.2) is 4.98 Å². The molecule has 0 saturated heterocycles. The molecule has 0 atom stereocenters. The zero-order valence-corrected chi connectivity index (χ0v) is 11.6. The van der Waals surface area contributed by atoms with Gasteiger partial charge in [-0.05, 0) is 12.8 Å². The molecule has 1 heterocycles. The van der Waals surface area contributed by atoms with Crippen molar-refractivity contribution in [3.8, 4) is 0 Å². The Bertz CT molecular complexity index is 289. The fraction of sp³-hybridized carbons (Fsp3) is 0.818. The maximum absolute atomic E-state index is 5.61. The smallest absolute Gasteiger partial charge is 0.202 e. The summed E-state index contributed by atoms with van der Waals surface area (Å²) in [6, 6.07) is 0. The highest BCUT2D eigenvalue weighted by Gasteiger charge is 2.06. The second-order valence-electron chi connectivity index (χ2n) is 4.14. The van der Waals surface area contributed by atoms with Gasteiger partial charge in [0, 0.05) is 29.9 Å². The van der Waals surface area contributed by atoms with E-state index in [1.165, 1.54) is 30.8 Å². The quantitative estimate of drug-likeness (QED) is 0.570. The van der Waals surface area contributed by atoms with E-state index < -0.39 is 0 Å². The highest BCUT2D eigenvalue weighted by Crippen LogP contribution is 2.17. The van der Waals surface area contributed by atoms with E-state index in [2.05, 4.69) is 28.5 Å². The number of hydrogen-bond acceptors (Lipinski definition) is 4. The minimum atomic E-state index is 0.413. The molecular weight excluding hydrogens is 242 g/mol. The molecule has 1 aromatic heterocycles. The van der Waals surface area contributed by atoms with Crippen LogP contribution in [0.2, 0.25) is 0 Å². The van der Waals surface area contributed by atoms with Gasteiger partial charge < -0.3 is 5.32 Å². The Labute approximate surface area is 107 Å². The molecule has 1 rings (SSSR count). The highest BCUT2D eigenvalue weighted by atomic mass is 35.5. The molecule has 0 saturated carbocycles. The summed E-state index contributed by atoms with van der Waals surface area (Å²) in [5, 5.41) is 4.25. The van der Waals surface area contributed by atoms with E-state index >= 15 is 0 Å². The summed E-state index contributed by atoms with van der Waals surface area (Å²) in [6.45, 7) is 5.20. The Morgan fingerprint density at radius 3 is 2.62 bits per heavy atom. The number of alkyl halides is 1. The predicted molar refractivity (Wildman–Crippen MR) is 71.7 cm³/mol. The topological polar surface area (TPSA) is 37.8 Å². The molecule has 0 aliphatic carbocycles. The normalized spacial score (nSPS) is 11.0. The van der Waals surface area contributed by atoms with Crippen LogP contribution in [0.1, 0.15) is 51.3 Å². The Kier molecular flexibility index (Phi) is 6.73. The van der Waals surface area contributed by atoms with E-state index in [0.717, 1.165) is 29.8 Å². The van der Waals surface area contributed by atoms with Gasteiger partial charge in [-0.1, -0.05) is 26.7 Å². The lowest BCUT2D eigenvalue weighted by atomic mass is 10.2. The third kappa shape index (κ3) is 5.12. The number of halogens is 1. The summed E-state index contributed by atoms with van der Waals surface area (Å²) in [6.07, 6.45) is 4.75. The van der Waals surface area contributed by atoms with Gasteiger partial charge in [0.2, 0.25) is 5.13 Å². The van der Waals surface area contributed by atoms with Gasteiger partial charge in [-0.15, -0.1) is 11.6 Å². The number of hydrogen-bond donors (Lipinski definition) is 1. The Morgan fingerprint density at radius 1 is 1.25 bits per heavy atom. The first-order valence-corrected chi connectivity index (χ1v) is 7.18. The van der Waals surface area contributed by atoms with Crippen molar-refractivity contribution in [1.82, 2.24) is 9.36 Å². The van der Waals surface area contributed by atoms with E-state index in [4.69, 9.17) is 11.6 Å². The van der Waals surface area contributed by atoms with Crippen LogP contribution in [0.25, 0.3) is 0 Å². The first kappa shape index (κ1) is 13.7.